The number of hydrogen-bond acceptors (Lipinski definition) is 1. The maximum absolute atomic E-state index is 6.10. The molecule has 0 saturated heterocycles. The molecule has 0 amide bonds. The first-order valence-electron chi connectivity index (χ1n) is 5.70. The molecule has 16 heavy (non-hydrogen) atoms. The highest BCUT2D eigenvalue weighted by molar-refractivity contribution is 6.42. The van der Waals surface area contributed by atoms with Gasteiger partial charge in [-0.3, -0.25) is 0 Å². The van der Waals surface area contributed by atoms with E-state index >= 15 is 0 Å². The first-order chi connectivity index (χ1) is 7.60. The van der Waals surface area contributed by atoms with E-state index in [1.54, 1.807) is 0 Å². The topological polar surface area (TPSA) is 12.0 Å². The van der Waals surface area contributed by atoms with Crippen LogP contribution in [0.4, 0.5) is 0 Å². The Labute approximate surface area is 107 Å². The number of benzene rings is 1. The zero-order chi connectivity index (χ0) is 11.8. The summed E-state index contributed by atoms with van der Waals surface area (Å²) >= 11 is 12.1. The Bertz CT molecular complexity index is 392. The highest BCUT2D eigenvalue weighted by atomic mass is 35.5. The molecule has 0 bridgehead atoms. The van der Waals surface area contributed by atoms with E-state index in [4.69, 9.17) is 23.2 Å². The predicted octanol–water partition coefficient (Wildman–Crippen LogP) is 3.88. The first kappa shape index (κ1) is 12.2. The SMILES string of the molecule is CNCC1(c2ccc(Cl)c(Cl)c2)CCC1C. The smallest absolute Gasteiger partial charge is 0.0595 e. The van der Waals surface area contributed by atoms with Crippen molar-refractivity contribution in [2.24, 2.45) is 5.92 Å². The predicted molar refractivity (Wildman–Crippen MR) is 70.5 cm³/mol. The van der Waals surface area contributed by atoms with Crippen molar-refractivity contribution in [2.45, 2.75) is 25.2 Å². The molecule has 0 spiro atoms. The monoisotopic (exact) mass is 257 g/mol. The van der Waals surface area contributed by atoms with Crippen molar-refractivity contribution in [3.05, 3.63) is 33.8 Å². The molecule has 0 aliphatic heterocycles. The second kappa shape index (κ2) is 4.56. The highest BCUT2D eigenvalue weighted by Gasteiger charge is 2.44. The average molecular weight is 258 g/mol. The molecule has 3 heteroatoms. The first-order valence-corrected chi connectivity index (χ1v) is 6.46. The molecule has 0 heterocycles. The molecule has 2 atom stereocenters. The van der Waals surface area contributed by atoms with Gasteiger partial charge in [-0.15, -0.1) is 0 Å². The molecule has 1 aromatic carbocycles. The van der Waals surface area contributed by atoms with Crippen molar-refractivity contribution >= 4 is 23.2 Å². The van der Waals surface area contributed by atoms with Crippen LogP contribution in [-0.2, 0) is 5.41 Å². The maximum atomic E-state index is 6.10. The molecule has 2 rings (SSSR count). The van der Waals surface area contributed by atoms with E-state index in [0.29, 0.717) is 16.0 Å². The van der Waals surface area contributed by atoms with Gasteiger partial charge in [-0.2, -0.15) is 0 Å². The summed E-state index contributed by atoms with van der Waals surface area (Å²) in [6.07, 6.45) is 2.52. The normalized spacial score (nSPS) is 28.9. The van der Waals surface area contributed by atoms with Crippen LogP contribution in [0.5, 0.6) is 0 Å². The summed E-state index contributed by atoms with van der Waals surface area (Å²) in [6, 6.07) is 6.04. The Balaban J connectivity index is 2.36. The van der Waals surface area contributed by atoms with Gasteiger partial charge in [0.1, 0.15) is 0 Å². The van der Waals surface area contributed by atoms with E-state index in [-0.39, 0.29) is 5.41 Å². The van der Waals surface area contributed by atoms with E-state index in [9.17, 15) is 0 Å². The van der Waals surface area contributed by atoms with Crippen molar-refractivity contribution in [3.63, 3.8) is 0 Å². The summed E-state index contributed by atoms with van der Waals surface area (Å²) < 4.78 is 0. The van der Waals surface area contributed by atoms with E-state index in [2.05, 4.69) is 18.3 Å². The summed E-state index contributed by atoms with van der Waals surface area (Å²) in [5.41, 5.74) is 1.57. The van der Waals surface area contributed by atoms with Gasteiger partial charge >= 0.3 is 0 Å². The summed E-state index contributed by atoms with van der Waals surface area (Å²) in [6.45, 7) is 3.31. The van der Waals surface area contributed by atoms with Gasteiger partial charge in [0.15, 0.2) is 0 Å². The Kier molecular flexibility index (Phi) is 3.48. The van der Waals surface area contributed by atoms with Gasteiger partial charge in [-0.05, 0) is 43.5 Å². The Morgan fingerprint density at radius 2 is 2.12 bits per heavy atom. The fourth-order valence-electron chi connectivity index (χ4n) is 2.70. The third kappa shape index (κ3) is 1.85. The van der Waals surface area contributed by atoms with Crippen molar-refractivity contribution in [1.82, 2.24) is 5.32 Å². The van der Waals surface area contributed by atoms with Crippen LogP contribution in [0.2, 0.25) is 10.0 Å². The Morgan fingerprint density at radius 1 is 1.38 bits per heavy atom. The molecule has 1 N–H and O–H groups in total. The van der Waals surface area contributed by atoms with Gasteiger partial charge < -0.3 is 5.32 Å². The molecule has 88 valence electrons. The van der Waals surface area contributed by atoms with Crippen LogP contribution in [0, 0.1) is 5.92 Å². The number of halogens is 2. The second-order valence-electron chi connectivity index (χ2n) is 4.76. The summed E-state index contributed by atoms with van der Waals surface area (Å²) in [5.74, 6) is 0.706. The van der Waals surface area contributed by atoms with Crippen LogP contribution in [0.3, 0.4) is 0 Å². The van der Waals surface area contributed by atoms with Gasteiger partial charge in [-0.25, -0.2) is 0 Å². The minimum Gasteiger partial charge on any atom is -0.319 e. The van der Waals surface area contributed by atoms with Crippen molar-refractivity contribution < 1.29 is 0 Å². The van der Waals surface area contributed by atoms with E-state index < -0.39 is 0 Å². The van der Waals surface area contributed by atoms with Gasteiger partial charge in [0.05, 0.1) is 10.0 Å². The van der Waals surface area contributed by atoms with Crippen molar-refractivity contribution in [3.8, 4) is 0 Å². The fourth-order valence-corrected chi connectivity index (χ4v) is 2.99. The third-order valence-corrected chi connectivity index (χ3v) is 4.69. The molecular formula is C13H17Cl2N. The van der Waals surface area contributed by atoms with Crippen LogP contribution >= 0.6 is 23.2 Å². The second-order valence-corrected chi connectivity index (χ2v) is 5.57. The average Bonchev–Trinajstić information content (AvgIpc) is 2.27. The van der Waals surface area contributed by atoms with Crippen LogP contribution < -0.4 is 5.32 Å². The minimum absolute atomic E-state index is 0.253. The molecular weight excluding hydrogens is 241 g/mol. The lowest BCUT2D eigenvalue weighted by Gasteiger charge is -2.49. The Morgan fingerprint density at radius 3 is 2.56 bits per heavy atom. The van der Waals surface area contributed by atoms with Gasteiger partial charge in [0.25, 0.3) is 0 Å². The van der Waals surface area contributed by atoms with Gasteiger partial charge in [0.2, 0.25) is 0 Å². The molecule has 0 aromatic heterocycles. The molecule has 1 saturated carbocycles. The summed E-state index contributed by atoms with van der Waals surface area (Å²) in [5, 5.41) is 4.59. The summed E-state index contributed by atoms with van der Waals surface area (Å²) in [4.78, 5) is 0. The number of rotatable bonds is 3. The van der Waals surface area contributed by atoms with E-state index in [0.717, 1.165) is 6.54 Å². The molecule has 1 aromatic rings. The summed E-state index contributed by atoms with van der Waals surface area (Å²) in [7, 11) is 2.00. The fraction of sp³-hybridized carbons (Fsp3) is 0.538. The zero-order valence-electron chi connectivity index (χ0n) is 9.69. The molecule has 1 fully saturated rings. The molecule has 1 nitrogen and oxygen atoms in total. The minimum atomic E-state index is 0.253. The van der Waals surface area contributed by atoms with Gasteiger partial charge in [0, 0.05) is 12.0 Å². The number of hydrogen-bond donors (Lipinski definition) is 1. The van der Waals surface area contributed by atoms with E-state index in [1.165, 1.54) is 18.4 Å². The quantitative estimate of drug-likeness (QED) is 0.867. The lowest BCUT2D eigenvalue weighted by molar-refractivity contribution is 0.137. The lowest BCUT2D eigenvalue weighted by Crippen LogP contribution is -2.49. The largest absolute Gasteiger partial charge is 0.319 e. The van der Waals surface area contributed by atoms with Crippen LogP contribution in [0.25, 0.3) is 0 Å². The van der Waals surface area contributed by atoms with Crippen molar-refractivity contribution in [2.75, 3.05) is 13.6 Å². The Hall–Kier alpha value is -0.240. The number of likely N-dealkylation sites (N-methyl/N-ethyl adjacent to an activating group) is 1. The standard InChI is InChI=1S/C13H17Cl2N/c1-9-5-6-13(9,8-16-2)10-3-4-11(14)12(15)7-10/h3-4,7,9,16H,5-6,8H2,1-2H3. The third-order valence-electron chi connectivity index (χ3n) is 3.95. The van der Waals surface area contributed by atoms with Crippen LogP contribution in [0.15, 0.2) is 18.2 Å². The number of nitrogens with one attached hydrogen (secondary N) is 1. The maximum Gasteiger partial charge on any atom is 0.0595 e. The molecule has 1 aliphatic rings. The van der Waals surface area contributed by atoms with E-state index in [1.807, 2.05) is 19.2 Å². The van der Waals surface area contributed by atoms with Crippen LogP contribution in [0.1, 0.15) is 25.3 Å². The molecule has 2 unspecified atom stereocenters. The molecule has 0 radical (unpaired) electrons. The molecule has 1 aliphatic carbocycles. The van der Waals surface area contributed by atoms with Crippen molar-refractivity contribution in [1.29, 1.82) is 0 Å². The van der Waals surface area contributed by atoms with Crippen LogP contribution in [-0.4, -0.2) is 13.6 Å². The van der Waals surface area contributed by atoms with Gasteiger partial charge in [-0.1, -0.05) is 36.2 Å². The zero-order valence-corrected chi connectivity index (χ0v) is 11.2. The highest BCUT2D eigenvalue weighted by Crippen LogP contribution is 2.49. The lowest BCUT2D eigenvalue weighted by atomic mass is 9.57.